The Morgan fingerprint density at radius 1 is 0.882 bits per heavy atom. The van der Waals surface area contributed by atoms with Gasteiger partial charge in [0.25, 0.3) is 0 Å². The fourth-order valence-electron chi connectivity index (χ4n) is 5.05. The molecule has 6 rings (SSSR count). The van der Waals surface area contributed by atoms with E-state index >= 15 is 0 Å². The molecule has 0 radical (unpaired) electrons. The van der Waals surface area contributed by atoms with Crippen LogP contribution >= 0.6 is 0 Å². The molecule has 0 amide bonds. The summed E-state index contributed by atoms with van der Waals surface area (Å²) in [6.07, 6.45) is 3.21. The zero-order valence-electron chi connectivity index (χ0n) is 19.5. The average Bonchev–Trinajstić information content (AvgIpc) is 3.27. The third-order valence-electron chi connectivity index (χ3n) is 6.78. The molecule has 3 aromatic rings. The Labute approximate surface area is 199 Å². The van der Waals surface area contributed by atoms with Gasteiger partial charge in [-0.1, -0.05) is 0 Å². The number of morpholine rings is 1. The number of hydrogen-bond acceptors (Lipinski definition) is 7. The van der Waals surface area contributed by atoms with E-state index in [1.54, 1.807) is 0 Å². The van der Waals surface area contributed by atoms with E-state index in [0.717, 1.165) is 98.0 Å². The number of anilines is 2. The summed E-state index contributed by atoms with van der Waals surface area (Å²) in [5.74, 6) is 0.832. The minimum absolute atomic E-state index is 0.0365. The van der Waals surface area contributed by atoms with Gasteiger partial charge in [0.2, 0.25) is 0 Å². The Morgan fingerprint density at radius 2 is 1.79 bits per heavy atom. The van der Waals surface area contributed by atoms with Crippen molar-refractivity contribution >= 4 is 22.3 Å². The number of hydrogen-bond donors (Lipinski definition) is 1. The quantitative estimate of drug-likeness (QED) is 0.613. The molecule has 4 heterocycles. The number of rotatable bonds is 2. The van der Waals surface area contributed by atoms with Gasteiger partial charge in [-0.15, -0.1) is 0 Å². The molecule has 34 heavy (non-hydrogen) atoms. The van der Waals surface area contributed by atoms with Crippen molar-refractivity contribution in [2.45, 2.75) is 25.5 Å². The number of ether oxygens (including phenoxy) is 4. The molecule has 2 fully saturated rings. The van der Waals surface area contributed by atoms with Crippen molar-refractivity contribution in [3.63, 3.8) is 0 Å². The first kappa shape index (κ1) is 21.7. The van der Waals surface area contributed by atoms with Crippen LogP contribution in [0, 0.1) is 0 Å². The largest absolute Gasteiger partial charge is 0.491 e. The van der Waals surface area contributed by atoms with Crippen LogP contribution in [-0.4, -0.2) is 69.1 Å². The summed E-state index contributed by atoms with van der Waals surface area (Å²) in [6.45, 7) is 6.40. The molecule has 3 aliphatic rings. The van der Waals surface area contributed by atoms with Crippen LogP contribution in [0.4, 0.5) is 11.4 Å². The van der Waals surface area contributed by atoms with Crippen molar-refractivity contribution in [2.24, 2.45) is 0 Å². The monoisotopic (exact) mass is 464 g/mol. The number of nitrogens with zero attached hydrogens (tertiary/aromatic N) is 3. The first-order valence-corrected chi connectivity index (χ1v) is 12.4. The van der Waals surface area contributed by atoms with Gasteiger partial charge in [-0.05, 0) is 55.7 Å². The van der Waals surface area contributed by atoms with Crippen molar-refractivity contribution in [3.05, 3.63) is 36.4 Å². The second-order valence-corrected chi connectivity index (χ2v) is 9.01. The summed E-state index contributed by atoms with van der Waals surface area (Å²) in [7, 11) is 0. The maximum atomic E-state index is 6.15. The van der Waals surface area contributed by atoms with Gasteiger partial charge in [0, 0.05) is 48.6 Å². The predicted molar refractivity (Wildman–Crippen MR) is 132 cm³/mol. The lowest BCUT2D eigenvalue weighted by Gasteiger charge is -2.30. The van der Waals surface area contributed by atoms with Crippen molar-refractivity contribution in [2.75, 3.05) is 69.5 Å². The second kappa shape index (κ2) is 9.82. The van der Waals surface area contributed by atoms with E-state index in [2.05, 4.69) is 51.3 Å². The van der Waals surface area contributed by atoms with E-state index in [0.29, 0.717) is 19.8 Å². The minimum atomic E-state index is -0.0365. The standard InChI is InChI=1S/C26H32N4O4/c1-2-11-34-25(3-1)30-24-6-4-19-17-21(24)26(28-30)22-18-20(33-16-15-31-12-8-27-19)5-7-23(22)29-9-13-32-14-10-29/h4-7,17-18,25,27H,1-3,8-16H2. The summed E-state index contributed by atoms with van der Waals surface area (Å²) < 4.78 is 25.7. The highest BCUT2D eigenvalue weighted by Crippen LogP contribution is 2.40. The molecule has 180 valence electrons. The van der Waals surface area contributed by atoms with Gasteiger partial charge in [-0.2, -0.15) is 5.10 Å². The van der Waals surface area contributed by atoms with E-state index in [1.807, 2.05) is 0 Å². The molecule has 3 aliphatic heterocycles. The SMILES string of the molecule is c1cc2c3cc1NCCOCCOc1ccc(N4CCOCC4)c(c1)-c3nn2C1CCCCO1. The van der Waals surface area contributed by atoms with E-state index < -0.39 is 0 Å². The zero-order valence-corrected chi connectivity index (χ0v) is 19.5. The molecule has 4 bridgehead atoms. The molecule has 1 unspecified atom stereocenters. The third-order valence-corrected chi connectivity index (χ3v) is 6.78. The van der Waals surface area contributed by atoms with Gasteiger partial charge in [0.05, 0.1) is 31.9 Å². The Balaban J connectivity index is 1.53. The Morgan fingerprint density at radius 3 is 2.68 bits per heavy atom. The normalized spacial score (nSPS) is 21.6. The van der Waals surface area contributed by atoms with E-state index in [-0.39, 0.29) is 6.23 Å². The molecular formula is C26H32N4O4. The lowest BCUT2D eigenvalue weighted by Crippen LogP contribution is -2.36. The topological polar surface area (TPSA) is 70.0 Å². The van der Waals surface area contributed by atoms with Crippen molar-refractivity contribution in [1.82, 2.24) is 9.78 Å². The van der Waals surface area contributed by atoms with Crippen LogP contribution in [-0.2, 0) is 14.2 Å². The van der Waals surface area contributed by atoms with Gasteiger partial charge >= 0.3 is 0 Å². The van der Waals surface area contributed by atoms with Crippen LogP contribution in [0.5, 0.6) is 5.75 Å². The van der Waals surface area contributed by atoms with Crippen LogP contribution in [0.1, 0.15) is 25.5 Å². The van der Waals surface area contributed by atoms with Crippen LogP contribution < -0.4 is 15.0 Å². The fourth-order valence-corrected chi connectivity index (χ4v) is 5.05. The lowest BCUT2D eigenvalue weighted by atomic mass is 10.0. The Hall–Kier alpha value is -2.81. The summed E-state index contributed by atoms with van der Waals surface area (Å²) in [5.41, 5.74) is 5.37. The molecule has 8 heteroatoms. The zero-order chi connectivity index (χ0) is 22.7. The number of aromatic nitrogens is 2. The van der Waals surface area contributed by atoms with E-state index in [9.17, 15) is 0 Å². The van der Waals surface area contributed by atoms with Gasteiger partial charge in [0.15, 0.2) is 6.23 Å². The maximum Gasteiger partial charge on any atom is 0.150 e. The van der Waals surface area contributed by atoms with Gasteiger partial charge < -0.3 is 29.2 Å². The number of nitrogens with one attached hydrogen (secondary N) is 1. The van der Waals surface area contributed by atoms with Gasteiger partial charge in [0.1, 0.15) is 18.1 Å². The van der Waals surface area contributed by atoms with Crippen LogP contribution in [0.3, 0.4) is 0 Å². The fraction of sp³-hybridized carbons (Fsp3) is 0.500. The summed E-state index contributed by atoms with van der Waals surface area (Å²) in [5, 5.41) is 9.81. The van der Waals surface area contributed by atoms with Gasteiger partial charge in [-0.25, -0.2) is 4.68 Å². The molecular weight excluding hydrogens is 432 g/mol. The molecule has 1 N–H and O–H groups in total. The molecule has 2 saturated heterocycles. The minimum Gasteiger partial charge on any atom is -0.491 e. The van der Waals surface area contributed by atoms with Crippen molar-refractivity contribution < 1.29 is 18.9 Å². The van der Waals surface area contributed by atoms with Gasteiger partial charge in [-0.3, -0.25) is 0 Å². The summed E-state index contributed by atoms with van der Waals surface area (Å²) in [6, 6.07) is 12.8. The highest BCUT2D eigenvalue weighted by atomic mass is 16.5. The first-order valence-electron chi connectivity index (χ1n) is 12.4. The second-order valence-electron chi connectivity index (χ2n) is 9.01. The van der Waals surface area contributed by atoms with Crippen LogP contribution in [0.15, 0.2) is 36.4 Å². The summed E-state index contributed by atoms with van der Waals surface area (Å²) in [4.78, 5) is 2.39. The molecule has 8 nitrogen and oxygen atoms in total. The Kier molecular flexibility index (Phi) is 6.27. The number of fused-ring (bicyclic) bond motifs is 4. The van der Waals surface area contributed by atoms with Crippen molar-refractivity contribution in [1.29, 1.82) is 0 Å². The molecule has 2 aromatic carbocycles. The predicted octanol–water partition coefficient (Wildman–Crippen LogP) is 4.06. The maximum absolute atomic E-state index is 6.15. The van der Waals surface area contributed by atoms with Crippen LogP contribution in [0.25, 0.3) is 22.2 Å². The highest BCUT2D eigenvalue weighted by molar-refractivity contribution is 5.98. The smallest absolute Gasteiger partial charge is 0.150 e. The number of benzene rings is 2. The molecule has 0 spiro atoms. The molecule has 1 atom stereocenters. The highest BCUT2D eigenvalue weighted by Gasteiger charge is 2.25. The summed E-state index contributed by atoms with van der Waals surface area (Å²) >= 11 is 0. The van der Waals surface area contributed by atoms with Crippen LogP contribution in [0.2, 0.25) is 0 Å². The van der Waals surface area contributed by atoms with E-state index in [1.165, 1.54) is 0 Å². The third kappa shape index (κ3) is 4.33. The average molecular weight is 465 g/mol. The Bertz CT molecular complexity index is 1140. The van der Waals surface area contributed by atoms with Crippen molar-refractivity contribution in [3.8, 4) is 17.0 Å². The molecule has 0 aliphatic carbocycles. The lowest BCUT2D eigenvalue weighted by molar-refractivity contribution is -0.0365. The molecule has 0 saturated carbocycles. The first-order chi connectivity index (χ1) is 16.9. The van der Waals surface area contributed by atoms with E-state index in [4.69, 9.17) is 24.0 Å². The molecule has 1 aromatic heterocycles.